The molecule has 1 atom stereocenters. The summed E-state index contributed by atoms with van der Waals surface area (Å²) >= 11 is 0. The molecule has 4 aromatic rings. The van der Waals surface area contributed by atoms with E-state index in [-0.39, 0.29) is 30.2 Å². The van der Waals surface area contributed by atoms with E-state index in [2.05, 4.69) is 26.2 Å². The second-order valence-electron chi connectivity index (χ2n) is 9.60. The fourth-order valence-corrected chi connectivity index (χ4v) is 4.16. The predicted octanol–water partition coefficient (Wildman–Crippen LogP) is 5.11. The maximum Gasteiger partial charge on any atom is 0.290 e. The second kappa shape index (κ2) is 10.2. The number of hydrogen-bond acceptors (Lipinski definition) is 7. The molecule has 1 amide bonds. The Bertz CT molecular complexity index is 1690. The molecule has 0 spiro atoms. The Balaban J connectivity index is 1.47. The molecule has 0 saturated carbocycles. The minimum absolute atomic E-state index is 0.00236. The lowest BCUT2D eigenvalue weighted by Gasteiger charge is -2.14. The van der Waals surface area contributed by atoms with Gasteiger partial charge in [0.25, 0.3) is 6.02 Å². The van der Waals surface area contributed by atoms with Crippen LogP contribution in [0.1, 0.15) is 26.3 Å². The smallest absolute Gasteiger partial charge is 0.290 e. The Morgan fingerprint density at radius 3 is 2.62 bits per heavy atom. The summed E-state index contributed by atoms with van der Waals surface area (Å²) in [6, 6.07) is 8.86. The zero-order chi connectivity index (χ0) is 28.6. The summed E-state index contributed by atoms with van der Waals surface area (Å²) in [4.78, 5) is 23.0. The highest BCUT2D eigenvalue weighted by atomic mass is 19.1. The van der Waals surface area contributed by atoms with Gasteiger partial charge in [0.1, 0.15) is 23.8 Å². The van der Waals surface area contributed by atoms with Gasteiger partial charge in [0, 0.05) is 35.8 Å². The third-order valence-electron chi connectivity index (χ3n) is 6.17. The number of ether oxygens (including phenoxy) is 3. The molecule has 2 aromatic carbocycles. The quantitative estimate of drug-likeness (QED) is 0.277. The number of carbonyl (C=O) groups is 1. The van der Waals surface area contributed by atoms with Crippen LogP contribution in [-0.2, 0) is 9.53 Å². The minimum Gasteiger partial charge on any atom is -0.490 e. The van der Waals surface area contributed by atoms with Crippen LogP contribution < -0.4 is 20.5 Å². The van der Waals surface area contributed by atoms with E-state index < -0.39 is 28.8 Å². The largest absolute Gasteiger partial charge is 0.490 e. The number of aliphatic imine (C=N–C) groups is 1. The zero-order valence-electron chi connectivity index (χ0n) is 21.8. The molecule has 204 valence electrons. The first-order chi connectivity index (χ1) is 19.1. The van der Waals surface area contributed by atoms with Gasteiger partial charge in [0.15, 0.2) is 22.9 Å². The van der Waals surface area contributed by atoms with Crippen LogP contribution in [0.5, 0.6) is 17.2 Å². The molecular weight excluding hydrogens is 520 g/mol. The van der Waals surface area contributed by atoms with Gasteiger partial charge in [0.2, 0.25) is 5.91 Å². The number of H-pyrrole nitrogens is 1. The van der Waals surface area contributed by atoms with Crippen molar-refractivity contribution in [2.75, 3.05) is 11.9 Å². The van der Waals surface area contributed by atoms with Crippen molar-refractivity contribution in [3.05, 3.63) is 66.0 Å². The molecule has 1 unspecified atom stereocenters. The summed E-state index contributed by atoms with van der Waals surface area (Å²) in [7, 11) is 0. The van der Waals surface area contributed by atoms with E-state index in [1.807, 2.05) is 19.9 Å². The first kappa shape index (κ1) is 26.5. The molecule has 0 radical (unpaired) electrons. The van der Waals surface area contributed by atoms with Crippen LogP contribution in [0.4, 0.5) is 14.5 Å². The molecule has 0 aliphatic carbocycles. The molecular formula is C29H25F2N5O4. The number of aromatic amines is 1. The van der Waals surface area contributed by atoms with Crippen molar-refractivity contribution in [2.24, 2.45) is 10.7 Å². The Morgan fingerprint density at radius 2 is 1.98 bits per heavy atom. The van der Waals surface area contributed by atoms with Crippen LogP contribution in [0.2, 0.25) is 0 Å². The number of carbonyl (C=O) groups excluding carboxylic acids is 1. The van der Waals surface area contributed by atoms with Gasteiger partial charge in [-0.25, -0.2) is 18.8 Å². The maximum absolute atomic E-state index is 15.1. The highest BCUT2D eigenvalue weighted by molar-refractivity contribution is 5.99. The van der Waals surface area contributed by atoms with Crippen molar-refractivity contribution in [3.63, 3.8) is 0 Å². The second-order valence-corrected chi connectivity index (χ2v) is 9.60. The molecule has 4 N–H and O–H groups in total. The Labute approximate surface area is 228 Å². The fraction of sp³-hybridized carbons (Fsp3) is 0.207. The van der Waals surface area contributed by atoms with Crippen molar-refractivity contribution in [1.29, 1.82) is 0 Å². The number of amides is 1. The van der Waals surface area contributed by atoms with Gasteiger partial charge in [-0.3, -0.25) is 4.79 Å². The van der Waals surface area contributed by atoms with Crippen LogP contribution in [0.25, 0.3) is 22.2 Å². The molecule has 0 saturated heterocycles. The van der Waals surface area contributed by atoms with Crippen LogP contribution in [0.15, 0.2) is 53.8 Å². The minimum atomic E-state index is -1.27. The van der Waals surface area contributed by atoms with Gasteiger partial charge in [-0.15, -0.1) is 6.42 Å². The molecule has 5 rings (SSSR count). The number of hydrogen-bond donors (Lipinski definition) is 3. The lowest BCUT2D eigenvalue weighted by atomic mass is 10.0. The highest BCUT2D eigenvalue weighted by Crippen LogP contribution is 2.39. The predicted molar refractivity (Wildman–Crippen MR) is 146 cm³/mol. The fourth-order valence-electron chi connectivity index (χ4n) is 4.16. The Hall–Kier alpha value is -5.11. The number of halogens is 2. The average Bonchev–Trinajstić information content (AvgIpc) is 3.51. The van der Waals surface area contributed by atoms with E-state index >= 15 is 8.78 Å². The number of benzene rings is 2. The molecule has 0 fully saturated rings. The van der Waals surface area contributed by atoms with Crippen molar-refractivity contribution in [1.82, 2.24) is 9.97 Å². The van der Waals surface area contributed by atoms with Gasteiger partial charge in [-0.2, -0.15) is 0 Å². The third-order valence-corrected chi connectivity index (χ3v) is 6.17. The number of terminal acetylenes is 1. The van der Waals surface area contributed by atoms with Gasteiger partial charge in [0.05, 0.1) is 17.1 Å². The van der Waals surface area contributed by atoms with Crippen molar-refractivity contribution >= 4 is 28.6 Å². The van der Waals surface area contributed by atoms with E-state index in [1.165, 1.54) is 19.2 Å². The van der Waals surface area contributed by atoms with Gasteiger partial charge >= 0.3 is 0 Å². The van der Waals surface area contributed by atoms with Gasteiger partial charge in [-0.1, -0.05) is 12.0 Å². The monoisotopic (exact) mass is 545 g/mol. The third kappa shape index (κ3) is 4.99. The molecule has 1 aliphatic rings. The van der Waals surface area contributed by atoms with E-state index in [0.717, 1.165) is 17.7 Å². The summed E-state index contributed by atoms with van der Waals surface area (Å²) in [5.74, 6) is 0.109. The van der Waals surface area contributed by atoms with Crippen LogP contribution in [-0.4, -0.2) is 40.1 Å². The molecule has 9 nitrogen and oxygen atoms in total. The number of rotatable bonds is 7. The number of nitrogens with zero attached hydrogens (tertiary/aromatic N) is 2. The highest BCUT2D eigenvalue weighted by Gasteiger charge is 2.38. The number of nitrogens with two attached hydrogens (primary N) is 1. The standard InChI is InChI=1S/C29H25F2N5O4/c1-5-16-10-17(6-7-22(16)39-15(2)3)19-13-34-26-24(19)23(8-9-33-26)40-25-20(30)11-18(12-21(25)31)35-28-36-29(4,14-38-28)27(32)37/h1,6-13,15H,14H2,2-4H3,(H2,32,37)(H,33,34)(H,35,36). The van der Waals surface area contributed by atoms with Gasteiger partial charge in [-0.05, 0) is 44.5 Å². The molecule has 3 heterocycles. The number of amidine groups is 1. The normalized spacial score (nSPS) is 16.4. The molecule has 0 bridgehead atoms. The van der Waals surface area contributed by atoms with Crippen LogP contribution >= 0.6 is 0 Å². The zero-order valence-corrected chi connectivity index (χ0v) is 21.8. The topological polar surface area (TPSA) is 124 Å². The van der Waals surface area contributed by atoms with E-state index in [0.29, 0.717) is 27.9 Å². The van der Waals surface area contributed by atoms with Crippen molar-refractivity contribution < 1.29 is 27.8 Å². The van der Waals surface area contributed by atoms with Crippen LogP contribution in [0, 0.1) is 24.0 Å². The number of pyridine rings is 1. The van der Waals surface area contributed by atoms with Crippen LogP contribution in [0.3, 0.4) is 0 Å². The summed E-state index contributed by atoms with van der Waals surface area (Å²) in [6.07, 6.45) is 8.83. The Morgan fingerprint density at radius 1 is 1.23 bits per heavy atom. The summed E-state index contributed by atoms with van der Waals surface area (Å²) in [5.41, 5.74) is 6.47. The maximum atomic E-state index is 15.1. The number of fused-ring (bicyclic) bond motifs is 1. The van der Waals surface area contributed by atoms with Crippen molar-refractivity contribution in [2.45, 2.75) is 32.4 Å². The molecule has 2 aromatic heterocycles. The summed E-state index contributed by atoms with van der Waals surface area (Å²) in [6.45, 7) is 5.21. The van der Waals surface area contributed by atoms with Crippen molar-refractivity contribution in [3.8, 4) is 40.7 Å². The summed E-state index contributed by atoms with van der Waals surface area (Å²) in [5, 5.41) is 3.15. The Kier molecular flexibility index (Phi) is 6.77. The van der Waals surface area contributed by atoms with E-state index in [1.54, 1.807) is 18.3 Å². The van der Waals surface area contributed by atoms with E-state index in [9.17, 15) is 4.79 Å². The molecule has 40 heavy (non-hydrogen) atoms. The van der Waals surface area contributed by atoms with E-state index in [4.69, 9.17) is 26.4 Å². The number of anilines is 1. The molecule has 1 aliphatic heterocycles. The first-order valence-corrected chi connectivity index (χ1v) is 12.3. The lowest BCUT2D eigenvalue weighted by molar-refractivity contribution is -0.122. The summed E-state index contributed by atoms with van der Waals surface area (Å²) < 4.78 is 47.1. The number of nitrogens with one attached hydrogen (secondary N) is 2. The first-order valence-electron chi connectivity index (χ1n) is 12.3. The number of primary amides is 1. The lowest BCUT2D eigenvalue weighted by Crippen LogP contribution is -2.40. The SMILES string of the molecule is C#Cc1cc(-c2c[nH]c3nccc(Oc4c(F)cc(NC5=NC(C)(C(N)=O)CO5)cc4F)c23)ccc1OC(C)C. The number of aromatic nitrogens is 2. The molecule has 11 heteroatoms. The van der Waals surface area contributed by atoms with Gasteiger partial charge < -0.3 is 30.2 Å². The average molecular weight is 546 g/mol.